The number of ether oxygens (including phenoxy) is 1. The molecule has 1 saturated carbocycles. The van der Waals surface area contributed by atoms with E-state index in [9.17, 15) is 4.79 Å². The summed E-state index contributed by atoms with van der Waals surface area (Å²) < 4.78 is 18.2. The summed E-state index contributed by atoms with van der Waals surface area (Å²) >= 11 is 0. The highest BCUT2D eigenvalue weighted by atomic mass is 16.7. The Morgan fingerprint density at radius 1 is 1.00 bits per heavy atom. The Kier molecular flexibility index (Phi) is 3.69. The maximum Gasteiger partial charge on any atom is 0.466 e. The molecule has 0 unspecified atom stereocenters. The van der Waals surface area contributed by atoms with E-state index in [0.29, 0.717) is 6.54 Å². The molecule has 1 amide bonds. The molecule has 5 nitrogen and oxygen atoms in total. The van der Waals surface area contributed by atoms with Crippen molar-refractivity contribution in [3.8, 4) is 0 Å². The molecule has 0 spiro atoms. The van der Waals surface area contributed by atoms with E-state index in [1.807, 2.05) is 25.7 Å². The number of fused-ring (bicyclic) bond motifs is 2. The monoisotopic (exact) mass is 337 g/mol. The van der Waals surface area contributed by atoms with E-state index >= 15 is 0 Å². The van der Waals surface area contributed by atoms with E-state index in [-0.39, 0.29) is 35.1 Å². The molecule has 2 bridgehead atoms. The topological polar surface area (TPSA) is 48.0 Å². The summed E-state index contributed by atoms with van der Waals surface area (Å²) in [6.45, 7) is 17.7. The molecule has 24 heavy (non-hydrogen) atoms. The van der Waals surface area contributed by atoms with Crippen molar-refractivity contribution in [2.45, 2.75) is 90.3 Å². The van der Waals surface area contributed by atoms with Gasteiger partial charge in [0.15, 0.2) is 0 Å². The van der Waals surface area contributed by atoms with E-state index in [1.165, 1.54) is 0 Å². The van der Waals surface area contributed by atoms with E-state index in [2.05, 4.69) is 34.6 Å². The van der Waals surface area contributed by atoms with Crippen LogP contribution in [-0.4, -0.2) is 48.0 Å². The molecule has 3 saturated heterocycles. The molecule has 6 heteroatoms. The Bertz CT molecular complexity index is 530. The van der Waals surface area contributed by atoms with Crippen LogP contribution in [0.5, 0.6) is 0 Å². The molecule has 4 rings (SSSR count). The summed E-state index contributed by atoms with van der Waals surface area (Å²) in [5, 5.41) is -0.116. The molecule has 0 radical (unpaired) electrons. The third-order valence-electron chi connectivity index (χ3n) is 6.04. The molecule has 0 aromatic carbocycles. The first-order valence-electron chi connectivity index (χ1n) is 9.01. The number of carbonyl (C=O) groups is 1. The Labute approximate surface area is 146 Å². The van der Waals surface area contributed by atoms with Crippen molar-refractivity contribution in [2.24, 2.45) is 5.41 Å². The standard InChI is InChI=1S/C18H32BNO4/c1-14(2,3)22-13(21)20-11-17(8)9-18(10-17,12-20)19-23-15(4,5)16(6,7)24-19/h9-12H2,1-8H3. The predicted molar refractivity (Wildman–Crippen MR) is 93.9 cm³/mol. The lowest BCUT2D eigenvalue weighted by atomic mass is 9.37. The molecule has 1 aliphatic carbocycles. The van der Waals surface area contributed by atoms with Crippen LogP contribution in [0, 0.1) is 5.41 Å². The fourth-order valence-electron chi connectivity index (χ4n) is 4.56. The molecular formula is C18H32BNO4. The number of amides is 1. The average molecular weight is 337 g/mol. The molecule has 3 aliphatic heterocycles. The van der Waals surface area contributed by atoms with E-state index in [4.69, 9.17) is 14.0 Å². The number of rotatable bonds is 1. The van der Waals surface area contributed by atoms with Crippen LogP contribution in [0.25, 0.3) is 0 Å². The van der Waals surface area contributed by atoms with Crippen LogP contribution in [0.1, 0.15) is 68.2 Å². The summed E-state index contributed by atoms with van der Waals surface area (Å²) in [6.07, 6.45) is 1.85. The first-order valence-corrected chi connectivity index (χ1v) is 9.01. The van der Waals surface area contributed by atoms with E-state index in [1.54, 1.807) is 0 Å². The van der Waals surface area contributed by atoms with Gasteiger partial charge in [-0.15, -0.1) is 0 Å². The van der Waals surface area contributed by atoms with Gasteiger partial charge < -0.3 is 18.9 Å². The minimum Gasteiger partial charge on any atom is -0.444 e. The fourth-order valence-corrected chi connectivity index (χ4v) is 4.56. The maximum atomic E-state index is 12.6. The Balaban J connectivity index is 1.77. The number of hydrogen-bond acceptors (Lipinski definition) is 4. The van der Waals surface area contributed by atoms with Crippen LogP contribution in [0.2, 0.25) is 5.31 Å². The normalized spacial score (nSPS) is 37.2. The molecule has 0 atom stereocenters. The van der Waals surface area contributed by atoms with Gasteiger partial charge in [-0.2, -0.15) is 0 Å². The first-order chi connectivity index (χ1) is 10.7. The Morgan fingerprint density at radius 2 is 1.50 bits per heavy atom. The van der Waals surface area contributed by atoms with E-state index < -0.39 is 5.60 Å². The lowest BCUT2D eigenvalue weighted by Gasteiger charge is -2.62. The van der Waals surface area contributed by atoms with Crippen molar-refractivity contribution < 1.29 is 18.8 Å². The zero-order valence-electron chi connectivity index (χ0n) is 16.5. The molecule has 0 aromatic rings. The minimum atomic E-state index is -0.475. The summed E-state index contributed by atoms with van der Waals surface area (Å²) in [5.41, 5.74) is -1.02. The molecular weight excluding hydrogens is 305 g/mol. The third kappa shape index (κ3) is 2.86. The van der Waals surface area contributed by atoms with Gasteiger partial charge in [-0.25, -0.2) is 4.79 Å². The molecule has 0 aromatic heterocycles. The Morgan fingerprint density at radius 3 is 1.96 bits per heavy atom. The maximum absolute atomic E-state index is 12.6. The second-order valence-corrected chi connectivity index (χ2v) is 10.5. The van der Waals surface area contributed by atoms with Crippen LogP contribution in [0.3, 0.4) is 0 Å². The van der Waals surface area contributed by atoms with Crippen molar-refractivity contribution in [1.29, 1.82) is 0 Å². The second kappa shape index (κ2) is 4.91. The van der Waals surface area contributed by atoms with Crippen LogP contribution < -0.4 is 0 Å². The van der Waals surface area contributed by atoms with Gasteiger partial charge in [0.2, 0.25) is 0 Å². The van der Waals surface area contributed by atoms with Crippen LogP contribution in [0.4, 0.5) is 4.79 Å². The average Bonchev–Trinajstić information content (AvgIpc) is 2.54. The number of carbonyl (C=O) groups excluding carboxylic acids is 1. The highest BCUT2D eigenvalue weighted by Gasteiger charge is 2.69. The third-order valence-corrected chi connectivity index (χ3v) is 6.04. The van der Waals surface area contributed by atoms with Crippen molar-refractivity contribution in [1.82, 2.24) is 4.90 Å². The van der Waals surface area contributed by atoms with Gasteiger partial charge in [0.1, 0.15) is 5.60 Å². The predicted octanol–water partition coefficient (Wildman–Crippen LogP) is 3.87. The zero-order valence-corrected chi connectivity index (χ0v) is 16.5. The molecule has 4 fully saturated rings. The van der Waals surface area contributed by atoms with Gasteiger partial charge in [-0.1, -0.05) is 6.92 Å². The van der Waals surface area contributed by atoms with Gasteiger partial charge in [0.05, 0.1) is 11.2 Å². The molecule has 3 heterocycles. The second-order valence-electron chi connectivity index (χ2n) is 10.5. The smallest absolute Gasteiger partial charge is 0.444 e. The lowest BCUT2D eigenvalue weighted by Crippen LogP contribution is -2.65. The summed E-state index contributed by atoms with van der Waals surface area (Å²) in [5.74, 6) is 0. The van der Waals surface area contributed by atoms with Crippen molar-refractivity contribution >= 4 is 13.2 Å². The fraction of sp³-hybridized carbons (Fsp3) is 0.944. The lowest BCUT2D eigenvalue weighted by molar-refractivity contribution is -0.0619. The molecule has 4 aliphatic rings. The van der Waals surface area contributed by atoms with Gasteiger partial charge in [-0.05, 0) is 66.7 Å². The summed E-state index contributed by atoms with van der Waals surface area (Å²) in [4.78, 5) is 14.4. The number of hydrogen-bond donors (Lipinski definition) is 0. The molecule has 0 N–H and O–H groups in total. The van der Waals surface area contributed by atoms with E-state index in [0.717, 1.165) is 19.4 Å². The van der Waals surface area contributed by atoms with Gasteiger partial charge in [0, 0.05) is 18.4 Å². The summed E-state index contributed by atoms with van der Waals surface area (Å²) in [6, 6.07) is 0. The van der Waals surface area contributed by atoms with Crippen molar-refractivity contribution in [3.63, 3.8) is 0 Å². The van der Waals surface area contributed by atoms with Gasteiger partial charge in [-0.3, -0.25) is 0 Å². The van der Waals surface area contributed by atoms with Crippen LogP contribution in [0.15, 0.2) is 0 Å². The minimum absolute atomic E-state index is 0.116. The highest BCUT2D eigenvalue weighted by Crippen LogP contribution is 2.67. The SMILES string of the molecule is CC12CN(C(=O)OC(C)(C)C)CC(B3OC(C)(C)C(C)(C)O3)(C1)C2. The zero-order chi connectivity index (χ0) is 18.2. The van der Waals surface area contributed by atoms with Crippen molar-refractivity contribution in [2.75, 3.05) is 13.1 Å². The molecule has 136 valence electrons. The quantitative estimate of drug-likeness (QED) is 0.682. The first kappa shape index (κ1) is 18.1. The van der Waals surface area contributed by atoms with Gasteiger partial charge in [0.25, 0.3) is 0 Å². The van der Waals surface area contributed by atoms with Crippen molar-refractivity contribution in [3.05, 3.63) is 0 Å². The summed E-state index contributed by atoms with van der Waals surface area (Å²) in [7, 11) is -0.263. The number of nitrogens with zero attached hydrogens (tertiary/aromatic N) is 1. The Hall–Kier alpha value is -0.745. The number of piperidine rings is 2. The largest absolute Gasteiger partial charge is 0.466 e. The van der Waals surface area contributed by atoms with Gasteiger partial charge >= 0.3 is 13.2 Å². The van der Waals surface area contributed by atoms with Crippen LogP contribution in [-0.2, 0) is 14.0 Å². The van der Waals surface area contributed by atoms with Crippen LogP contribution >= 0.6 is 0 Å². The highest BCUT2D eigenvalue weighted by molar-refractivity contribution is 6.50.